The van der Waals surface area contributed by atoms with Gasteiger partial charge in [-0.2, -0.15) is 0 Å². The van der Waals surface area contributed by atoms with E-state index in [0.717, 1.165) is 13.1 Å². The van der Waals surface area contributed by atoms with Crippen molar-refractivity contribution in [3.63, 3.8) is 0 Å². The molecule has 0 amide bonds. The highest BCUT2D eigenvalue weighted by Crippen LogP contribution is 2.28. The second-order valence-corrected chi connectivity index (χ2v) is 6.93. The lowest BCUT2D eigenvalue weighted by molar-refractivity contribution is 0.215. The van der Waals surface area contributed by atoms with Gasteiger partial charge in [-0.25, -0.2) is 0 Å². The SMILES string of the molecule is [B]1C2N([B]C3N1C=CN3Cc1ccccc1)C=CN2Cc1ccccc1. The first-order chi connectivity index (χ1) is 12.9. The maximum absolute atomic E-state index is 2.37. The standard InChI is InChI=1S/C20H20B2N4/c1-3-7-17(8-4-1)15-23-11-13-25-19(23)21-26-14-12-24(20(26)22-25)16-18-9-5-2-6-10-18/h1-14,19-20H,15-16H2. The Morgan fingerprint density at radius 2 is 1.00 bits per heavy atom. The molecule has 2 atom stereocenters. The third-order valence-corrected chi connectivity index (χ3v) is 5.18. The molecule has 3 aliphatic rings. The van der Waals surface area contributed by atoms with Crippen LogP contribution < -0.4 is 0 Å². The molecule has 2 unspecified atom stereocenters. The molecule has 1 saturated heterocycles. The fraction of sp³-hybridized carbons (Fsp3) is 0.200. The van der Waals surface area contributed by atoms with Gasteiger partial charge in [0.25, 0.3) is 14.8 Å². The monoisotopic (exact) mass is 338 g/mol. The Morgan fingerprint density at radius 3 is 1.42 bits per heavy atom. The lowest BCUT2D eigenvalue weighted by Crippen LogP contribution is -2.63. The van der Waals surface area contributed by atoms with Crippen molar-refractivity contribution in [2.75, 3.05) is 0 Å². The van der Waals surface area contributed by atoms with Gasteiger partial charge in [-0.15, -0.1) is 0 Å². The zero-order valence-corrected chi connectivity index (χ0v) is 14.6. The summed E-state index contributed by atoms with van der Waals surface area (Å²) in [7, 11) is 4.63. The third-order valence-electron chi connectivity index (χ3n) is 5.18. The lowest BCUT2D eigenvalue weighted by Gasteiger charge is -2.45. The molecule has 5 rings (SSSR count). The van der Waals surface area contributed by atoms with Crippen LogP contribution in [0.15, 0.2) is 85.5 Å². The average Bonchev–Trinajstić information content (AvgIpc) is 3.26. The molecule has 0 aliphatic carbocycles. The summed E-state index contributed by atoms with van der Waals surface area (Å²) in [6.07, 6.45) is 8.75. The molecule has 6 heteroatoms. The van der Waals surface area contributed by atoms with E-state index < -0.39 is 0 Å². The van der Waals surface area contributed by atoms with Gasteiger partial charge in [0.1, 0.15) is 0 Å². The van der Waals surface area contributed by atoms with Crippen LogP contribution in [-0.2, 0) is 13.1 Å². The van der Waals surface area contributed by atoms with Crippen molar-refractivity contribution in [1.82, 2.24) is 19.4 Å². The Kier molecular flexibility index (Phi) is 3.89. The van der Waals surface area contributed by atoms with E-state index in [9.17, 15) is 0 Å². The van der Waals surface area contributed by atoms with Gasteiger partial charge in [-0.1, -0.05) is 60.7 Å². The molecule has 0 N–H and O–H groups in total. The van der Waals surface area contributed by atoms with Gasteiger partial charge in [0, 0.05) is 37.9 Å². The van der Waals surface area contributed by atoms with Gasteiger partial charge in [-0.3, -0.25) is 0 Å². The van der Waals surface area contributed by atoms with Crippen LogP contribution in [0.5, 0.6) is 0 Å². The van der Waals surface area contributed by atoms with Crippen LogP contribution in [0.25, 0.3) is 0 Å². The molecule has 3 aliphatic heterocycles. The predicted molar refractivity (Wildman–Crippen MR) is 105 cm³/mol. The first-order valence-electron chi connectivity index (χ1n) is 9.08. The van der Waals surface area contributed by atoms with E-state index in [1.807, 2.05) is 0 Å². The second-order valence-electron chi connectivity index (χ2n) is 6.93. The molecule has 0 spiro atoms. The van der Waals surface area contributed by atoms with Crippen molar-refractivity contribution >= 4 is 14.8 Å². The maximum Gasteiger partial charge on any atom is 0.298 e. The normalized spacial score (nSPS) is 22.9. The van der Waals surface area contributed by atoms with Crippen molar-refractivity contribution in [2.45, 2.75) is 25.2 Å². The van der Waals surface area contributed by atoms with Crippen molar-refractivity contribution < 1.29 is 0 Å². The Morgan fingerprint density at radius 1 is 0.577 bits per heavy atom. The minimum absolute atomic E-state index is 0.243. The molecule has 0 aromatic heterocycles. The van der Waals surface area contributed by atoms with Crippen LogP contribution in [-0.4, -0.2) is 46.4 Å². The summed E-state index contributed by atoms with van der Waals surface area (Å²) in [5.74, 6) is 0. The highest BCUT2D eigenvalue weighted by molar-refractivity contribution is 6.47. The van der Waals surface area contributed by atoms with Crippen molar-refractivity contribution in [1.29, 1.82) is 0 Å². The van der Waals surface area contributed by atoms with E-state index in [-0.39, 0.29) is 12.1 Å². The number of benzene rings is 2. The highest BCUT2D eigenvalue weighted by Gasteiger charge is 2.42. The van der Waals surface area contributed by atoms with E-state index in [2.05, 4.69) is 120 Å². The van der Waals surface area contributed by atoms with Gasteiger partial charge >= 0.3 is 0 Å². The Labute approximate surface area is 156 Å². The van der Waals surface area contributed by atoms with Crippen molar-refractivity contribution in [3.05, 3.63) is 96.6 Å². The largest absolute Gasteiger partial charge is 0.407 e. The zero-order chi connectivity index (χ0) is 17.3. The number of nitrogens with zero attached hydrogens (tertiary/aromatic N) is 4. The molecule has 26 heavy (non-hydrogen) atoms. The van der Waals surface area contributed by atoms with Gasteiger partial charge < -0.3 is 19.4 Å². The summed E-state index contributed by atoms with van der Waals surface area (Å²) < 4.78 is 0. The first-order valence-corrected chi connectivity index (χ1v) is 9.08. The van der Waals surface area contributed by atoms with Crippen LogP contribution in [0.1, 0.15) is 11.1 Å². The number of rotatable bonds is 4. The minimum Gasteiger partial charge on any atom is -0.407 e. The predicted octanol–water partition coefficient (Wildman–Crippen LogP) is 2.38. The number of hydrogen-bond acceptors (Lipinski definition) is 4. The topological polar surface area (TPSA) is 13.0 Å². The summed E-state index contributed by atoms with van der Waals surface area (Å²) in [4.78, 5) is 9.37. The Hall–Kier alpha value is -2.75. The zero-order valence-electron chi connectivity index (χ0n) is 14.6. The van der Waals surface area contributed by atoms with Crippen molar-refractivity contribution in [3.8, 4) is 0 Å². The highest BCUT2D eigenvalue weighted by atomic mass is 15.4. The molecule has 2 radical (unpaired) electrons. The fourth-order valence-corrected chi connectivity index (χ4v) is 3.81. The summed E-state index contributed by atoms with van der Waals surface area (Å²) in [5, 5.41) is 0. The molecular weight excluding hydrogens is 318 g/mol. The molecule has 3 heterocycles. The van der Waals surface area contributed by atoms with Crippen LogP contribution in [0, 0.1) is 0 Å². The molecule has 2 aromatic rings. The van der Waals surface area contributed by atoms with E-state index in [4.69, 9.17) is 0 Å². The summed E-state index contributed by atoms with van der Waals surface area (Å²) in [5.41, 5.74) is 2.66. The Balaban J connectivity index is 1.27. The second kappa shape index (κ2) is 6.52. The smallest absolute Gasteiger partial charge is 0.298 e. The molecule has 4 nitrogen and oxygen atoms in total. The van der Waals surface area contributed by atoms with E-state index >= 15 is 0 Å². The van der Waals surface area contributed by atoms with Gasteiger partial charge in [0.15, 0.2) is 0 Å². The van der Waals surface area contributed by atoms with Crippen LogP contribution in [0.2, 0.25) is 0 Å². The molecule has 2 aromatic carbocycles. The molecular formula is C20H20B2N4. The number of hydrogen-bond donors (Lipinski definition) is 0. The summed E-state index contributed by atoms with van der Waals surface area (Å²) in [6, 6.07) is 21.8. The van der Waals surface area contributed by atoms with Crippen LogP contribution in [0.3, 0.4) is 0 Å². The van der Waals surface area contributed by atoms with E-state index in [1.165, 1.54) is 11.1 Å². The Bertz CT molecular complexity index is 742. The van der Waals surface area contributed by atoms with Crippen molar-refractivity contribution in [2.24, 2.45) is 0 Å². The van der Waals surface area contributed by atoms with Gasteiger partial charge in [0.05, 0.1) is 12.1 Å². The molecule has 0 saturated carbocycles. The summed E-state index contributed by atoms with van der Waals surface area (Å²) in [6.45, 7) is 1.83. The van der Waals surface area contributed by atoms with E-state index in [0.29, 0.717) is 0 Å². The van der Waals surface area contributed by atoms with E-state index in [1.54, 1.807) is 0 Å². The van der Waals surface area contributed by atoms with Crippen LogP contribution in [0.4, 0.5) is 0 Å². The van der Waals surface area contributed by atoms with Gasteiger partial charge in [-0.05, 0) is 11.1 Å². The van der Waals surface area contributed by atoms with Crippen LogP contribution >= 0.6 is 0 Å². The first kappa shape index (κ1) is 15.5. The lowest BCUT2D eigenvalue weighted by atomic mass is 9.68. The average molecular weight is 338 g/mol. The quantitative estimate of drug-likeness (QED) is 0.794. The van der Waals surface area contributed by atoms with Gasteiger partial charge in [0.2, 0.25) is 0 Å². The minimum atomic E-state index is 0.243. The fourth-order valence-electron chi connectivity index (χ4n) is 3.81. The summed E-state index contributed by atoms with van der Waals surface area (Å²) >= 11 is 0. The third kappa shape index (κ3) is 2.85. The maximum atomic E-state index is 2.37. The number of fused-ring (bicyclic) bond motifs is 2. The molecule has 0 bridgehead atoms. The molecule has 1 fully saturated rings. The molecule has 126 valence electrons.